The van der Waals surface area contributed by atoms with Gasteiger partial charge in [0.15, 0.2) is 11.5 Å². The second-order valence-electron chi connectivity index (χ2n) is 12.6. The van der Waals surface area contributed by atoms with Crippen molar-refractivity contribution in [3.05, 3.63) is 90.0 Å². The van der Waals surface area contributed by atoms with Crippen molar-refractivity contribution in [3.8, 4) is 11.5 Å². The molecule has 0 bridgehead atoms. The summed E-state index contributed by atoms with van der Waals surface area (Å²) in [4.78, 5) is 0. The van der Waals surface area contributed by atoms with E-state index in [-0.39, 0.29) is 21.3 Å². The average Bonchev–Trinajstić information content (AvgIpc) is 3.05. The fraction of sp³-hybridized carbons (Fsp3) is 0.486. The molecule has 0 aromatic heterocycles. The second kappa shape index (κ2) is 13.4. The van der Waals surface area contributed by atoms with E-state index in [4.69, 9.17) is 32.8 Å². The lowest BCUT2D eigenvalue weighted by atomic mass is 9.77. The first-order valence-electron chi connectivity index (χ1n) is 15.3. The number of benzene rings is 3. The van der Waals surface area contributed by atoms with Gasteiger partial charge >= 0.3 is 0 Å². The summed E-state index contributed by atoms with van der Waals surface area (Å²) in [5.74, 6) is -1.39. The number of hydrogen-bond acceptors (Lipinski definition) is 9. The van der Waals surface area contributed by atoms with Crippen molar-refractivity contribution in [1.82, 2.24) is 0 Å². The molecule has 1 saturated heterocycles. The monoisotopic (exact) mass is 635 g/mol. The van der Waals surface area contributed by atoms with Crippen molar-refractivity contribution >= 4 is 15.5 Å². The van der Waals surface area contributed by atoms with E-state index >= 15 is 0 Å². The fourth-order valence-electron chi connectivity index (χ4n) is 5.67. The molecule has 0 amide bonds. The first kappa shape index (κ1) is 33.4. The third-order valence-corrected chi connectivity index (χ3v) is 9.41. The third-order valence-electron chi connectivity index (χ3n) is 8.38. The highest BCUT2D eigenvalue weighted by atomic mass is 28.2. The quantitative estimate of drug-likeness (QED) is 0.264. The Morgan fingerprint density at radius 3 is 1.96 bits per heavy atom. The molecule has 45 heavy (non-hydrogen) atoms. The number of aliphatic hydroxyl groups is 1. The summed E-state index contributed by atoms with van der Waals surface area (Å²) in [5.41, 5.74) is 1.29. The fourth-order valence-corrected chi connectivity index (χ4v) is 6.49. The van der Waals surface area contributed by atoms with Crippen LogP contribution in [-0.4, -0.2) is 78.7 Å². The molecule has 3 aromatic rings. The van der Waals surface area contributed by atoms with Gasteiger partial charge in [0.05, 0.1) is 0 Å². The number of methoxy groups -OCH3 is 2. The summed E-state index contributed by atoms with van der Waals surface area (Å²) in [6.07, 6.45) is -2.90. The number of nitrogens with one attached hydrogen (secondary N) is 1. The number of rotatable bonds is 11. The Hall–Kier alpha value is -2.96. The van der Waals surface area contributed by atoms with Gasteiger partial charge in [-0.25, -0.2) is 0 Å². The van der Waals surface area contributed by atoms with E-state index in [0.29, 0.717) is 24.7 Å². The van der Waals surface area contributed by atoms with Crippen molar-refractivity contribution in [2.75, 3.05) is 39.3 Å². The van der Waals surface area contributed by atoms with E-state index in [2.05, 4.69) is 26.1 Å². The van der Waals surface area contributed by atoms with Crippen LogP contribution in [-0.2, 0) is 29.0 Å². The summed E-state index contributed by atoms with van der Waals surface area (Å²) < 4.78 is 44.2. The summed E-state index contributed by atoms with van der Waals surface area (Å²) in [7, 11) is 3.17. The lowest BCUT2D eigenvalue weighted by Gasteiger charge is -2.57. The molecule has 3 aromatic carbocycles. The maximum atomic E-state index is 12.0. The Kier molecular flexibility index (Phi) is 9.95. The van der Waals surface area contributed by atoms with Crippen LogP contribution in [0.15, 0.2) is 78.9 Å². The third kappa shape index (κ3) is 6.78. The van der Waals surface area contributed by atoms with Gasteiger partial charge in [0.25, 0.3) is 0 Å². The van der Waals surface area contributed by atoms with Gasteiger partial charge in [-0.3, -0.25) is 0 Å². The van der Waals surface area contributed by atoms with Gasteiger partial charge in [-0.1, -0.05) is 81.4 Å². The zero-order chi connectivity index (χ0) is 32.3. The second-order valence-corrected chi connectivity index (χ2v) is 14.6. The van der Waals surface area contributed by atoms with E-state index in [1.165, 1.54) is 7.11 Å². The number of ether oxygens (including phenoxy) is 6. The zero-order valence-electron chi connectivity index (χ0n) is 27.2. The standard InChI is InChI=1S/C35H45NO8Si/c1-32(2,3)45-44-35(24-14-10-8-11-15-24,25-16-12-9-13-17-25)31-30(42-33(4,38-6)34(5,39-7)43-31)27(37)23-36-26-18-19-28-29(22-26)41-21-20-40-28/h8-19,22,27,30-31,36-37H,20-21,23H2,1-7H3/t27-,30-,31-,33+,34+/m1/s1. The van der Waals surface area contributed by atoms with Crippen molar-refractivity contribution < 1.29 is 38.0 Å². The van der Waals surface area contributed by atoms with Crippen LogP contribution < -0.4 is 14.8 Å². The number of hydrogen-bond donors (Lipinski definition) is 2. The van der Waals surface area contributed by atoms with Crippen LogP contribution in [0.5, 0.6) is 11.5 Å². The number of aliphatic hydroxyl groups excluding tert-OH is 1. The topological polar surface area (TPSA) is 96.9 Å². The zero-order valence-corrected chi connectivity index (χ0v) is 28.2. The maximum Gasteiger partial charge on any atom is 0.237 e. The van der Waals surface area contributed by atoms with Crippen molar-refractivity contribution in [1.29, 1.82) is 0 Å². The van der Waals surface area contributed by atoms with Crippen molar-refractivity contribution in [2.24, 2.45) is 0 Å². The SMILES string of the molecule is CO[C@@]1(C)O[C@H]([C@H](O)CNc2ccc3c(c2)OCCO3)[C@H](C(O[Si]C(C)(C)C)(c2ccccc2)c2ccccc2)O[C@]1(C)OC. The van der Waals surface area contributed by atoms with Crippen LogP contribution >= 0.6 is 0 Å². The summed E-state index contributed by atoms with van der Waals surface area (Å²) >= 11 is 0. The molecular weight excluding hydrogens is 590 g/mol. The van der Waals surface area contributed by atoms with Crippen LogP contribution in [0.3, 0.4) is 0 Å². The molecule has 2 aliphatic heterocycles. The van der Waals surface area contributed by atoms with Crippen LogP contribution in [0.4, 0.5) is 5.69 Å². The molecule has 0 saturated carbocycles. The Balaban J connectivity index is 1.61. The van der Waals surface area contributed by atoms with Crippen molar-refractivity contribution in [3.63, 3.8) is 0 Å². The highest BCUT2D eigenvalue weighted by Gasteiger charge is 2.63. The van der Waals surface area contributed by atoms with E-state index < -0.39 is 35.5 Å². The molecular formula is C35H45NO8Si. The molecule has 5 rings (SSSR count). The molecule has 2 heterocycles. The first-order chi connectivity index (χ1) is 21.4. The van der Waals surface area contributed by atoms with E-state index in [1.807, 2.05) is 78.9 Å². The predicted molar refractivity (Wildman–Crippen MR) is 173 cm³/mol. The van der Waals surface area contributed by atoms with Crippen LogP contribution in [0, 0.1) is 0 Å². The molecule has 0 aliphatic carbocycles. The largest absolute Gasteiger partial charge is 0.486 e. The van der Waals surface area contributed by atoms with Crippen LogP contribution in [0.2, 0.25) is 5.04 Å². The summed E-state index contributed by atoms with van der Waals surface area (Å²) in [6.45, 7) is 11.1. The molecule has 10 heteroatoms. The molecule has 2 aliphatic rings. The van der Waals surface area contributed by atoms with E-state index in [1.54, 1.807) is 21.0 Å². The minimum Gasteiger partial charge on any atom is -0.486 e. The van der Waals surface area contributed by atoms with Gasteiger partial charge in [0.1, 0.15) is 37.1 Å². The molecule has 5 atom stereocenters. The maximum absolute atomic E-state index is 12.0. The van der Waals surface area contributed by atoms with Crippen LogP contribution in [0.25, 0.3) is 0 Å². The molecule has 2 N–H and O–H groups in total. The Labute approximate surface area is 269 Å². The van der Waals surface area contributed by atoms with E-state index in [0.717, 1.165) is 16.8 Å². The number of fused-ring (bicyclic) bond motifs is 1. The Bertz CT molecular complexity index is 1360. The van der Waals surface area contributed by atoms with Gasteiger partial charge in [0, 0.05) is 32.5 Å². The average molecular weight is 636 g/mol. The first-order valence-corrected chi connectivity index (χ1v) is 16.2. The predicted octanol–water partition coefficient (Wildman–Crippen LogP) is 5.54. The number of anilines is 1. The molecule has 0 spiro atoms. The molecule has 2 radical (unpaired) electrons. The van der Waals surface area contributed by atoms with Gasteiger partial charge < -0.3 is 43.3 Å². The van der Waals surface area contributed by atoms with Gasteiger partial charge in [-0.2, -0.15) is 0 Å². The lowest BCUT2D eigenvalue weighted by Crippen LogP contribution is -2.71. The minimum atomic E-state index is -1.37. The Morgan fingerprint density at radius 1 is 0.844 bits per heavy atom. The van der Waals surface area contributed by atoms with Gasteiger partial charge in [-0.15, -0.1) is 0 Å². The summed E-state index contributed by atoms with van der Waals surface area (Å²) in [6, 6.07) is 25.5. The smallest absolute Gasteiger partial charge is 0.237 e. The van der Waals surface area contributed by atoms with E-state index in [9.17, 15) is 5.11 Å². The molecule has 9 nitrogen and oxygen atoms in total. The van der Waals surface area contributed by atoms with Gasteiger partial charge in [0.2, 0.25) is 21.3 Å². The molecule has 0 unspecified atom stereocenters. The normalized spacial score (nSPS) is 25.9. The highest BCUT2D eigenvalue weighted by Crippen LogP contribution is 2.50. The molecule has 242 valence electrons. The minimum absolute atomic E-state index is 0.0708. The van der Waals surface area contributed by atoms with Gasteiger partial charge in [-0.05, 0) is 42.1 Å². The summed E-state index contributed by atoms with van der Waals surface area (Å²) in [5, 5.41) is 15.2. The Morgan fingerprint density at radius 2 is 1.40 bits per heavy atom. The van der Waals surface area contributed by atoms with Crippen LogP contribution in [0.1, 0.15) is 45.7 Å². The van der Waals surface area contributed by atoms with Crippen molar-refractivity contribution in [2.45, 2.75) is 75.1 Å². The lowest BCUT2D eigenvalue weighted by molar-refractivity contribution is -0.463. The molecule has 1 fully saturated rings. The highest BCUT2D eigenvalue weighted by molar-refractivity contribution is 6.32.